The number of hydrogen-bond donors (Lipinski definition) is 1. The fourth-order valence-electron chi connectivity index (χ4n) is 6.76. The third kappa shape index (κ3) is 3.21. The van der Waals surface area contributed by atoms with Crippen LogP contribution in [0.3, 0.4) is 0 Å². The molecule has 3 aliphatic heterocycles. The number of nitrogens with zero attached hydrogens (tertiary/aromatic N) is 3. The van der Waals surface area contributed by atoms with Gasteiger partial charge in [0.1, 0.15) is 11.4 Å². The molecule has 3 fully saturated rings. The van der Waals surface area contributed by atoms with Crippen molar-refractivity contribution in [2.24, 2.45) is 11.8 Å². The molecular weight excluding hydrogens is 482 g/mol. The number of fused-ring (bicyclic) bond motifs is 6. The molecule has 3 saturated heterocycles. The zero-order valence-corrected chi connectivity index (χ0v) is 20.8. The van der Waals surface area contributed by atoms with Crippen LogP contribution in [0.25, 0.3) is 10.8 Å². The predicted molar refractivity (Wildman–Crippen MR) is 137 cm³/mol. The van der Waals surface area contributed by atoms with Crippen molar-refractivity contribution in [1.29, 1.82) is 10.5 Å². The van der Waals surface area contributed by atoms with Crippen molar-refractivity contribution in [1.82, 2.24) is 0 Å². The molecule has 5 unspecified atom stereocenters. The van der Waals surface area contributed by atoms with Crippen molar-refractivity contribution in [2.45, 2.75) is 43.5 Å². The molecule has 5 atom stereocenters. The second-order valence-corrected chi connectivity index (χ2v) is 10.2. The maximum atomic E-state index is 14.1. The highest BCUT2D eigenvalue weighted by molar-refractivity contribution is 6.26. The Morgan fingerprint density at radius 3 is 2.39 bits per heavy atom. The highest BCUT2D eigenvalue weighted by Crippen LogP contribution is 2.63. The molecule has 3 heterocycles. The molecule has 3 aromatic rings. The number of aliphatic hydroxyl groups is 1. The molecule has 1 N–H and O–H groups in total. The van der Waals surface area contributed by atoms with E-state index in [-0.39, 0.29) is 24.8 Å². The lowest BCUT2D eigenvalue weighted by Gasteiger charge is -2.34. The lowest BCUT2D eigenvalue weighted by atomic mass is 9.64. The summed E-state index contributed by atoms with van der Waals surface area (Å²) in [4.78, 5) is 29.3. The summed E-state index contributed by atoms with van der Waals surface area (Å²) in [5.41, 5.74) is -0.772. The number of nitriles is 2. The van der Waals surface area contributed by atoms with E-state index in [4.69, 9.17) is 14.7 Å². The summed E-state index contributed by atoms with van der Waals surface area (Å²) in [7, 11) is 0. The third-order valence-corrected chi connectivity index (χ3v) is 8.49. The van der Waals surface area contributed by atoms with Crippen molar-refractivity contribution in [3.8, 4) is 17.9 Å². The van der Waals surface area contributed by atoms with E-state index in [2.05, 4.69) is 12.1 Å². The van der Waals surface area contributed by atoms with Crippen molar-refractivity contribution >= 4 is 28.3 Å². The minimum atomic E-state index is -1.15. The van der Waals surface area contributed by atoms with Crippen LogP contribution in [-0.4, -0.2) is 40.8 Å². The Labute approximate surface area is 219 Å². The van der Waals surface area contributed by atoms with Gasteiger partial charge in [-0.2, -0.15) is 10.5 Å². The van der Waals surface area contributed by atoms with Gasteiger partial charge in [-0.3, -0.25) is 9.59 Å². The minimum absolute atomic E-state index is 0.211. The van der Waals surface area contributed by atoms with Crippen LogP contribution in [0, 0.1) is 34.5 Å². The van der Waals surface area contributed by atoms with Crippen LogP contribution in [0.1, 0.15) is 37.3 Å². The van der Waals surface area contributed by atoms with Crippen LogP contribution < -0.4 is 9.64 Å². The first-order chi connectivity index (χ1) is 18.4. The molecule has 8 heteroatoms. The van der Waals surface area contributed by atoms with Gasteiger partial charge < -0.3 is 14.6 Å². The Balaban J connectivity index is 1.36. The number of benzene rings is 3. The second kappa shape index (κ2) is 8.66. The van der Waals surface area contributed by atoms with Gasteiger partial charge in [-0.25, -0.2) is 4.90 Å². The fraction of sp³-hybridized carbons (Fsp3) is 0.333. The van der Waals surface area contributed by atoms with Gasteiger partial charge >= 0.3 is 0 Å². The second-order valence-electron chi connectivity index (χ2n) is 10.2. The molecule has 2 amide bonds. The average Bonchev–Trinajstić information content (AvgIpc) is 3.51. The van der Waals surface area contributed by atoms with Crippen LogP contribution in [0.4, 0.5) is 5.69 Å². The Morgan fingerprint density at radius 1 is 1.00 bits per heavy atom. The first-order valence-electron chi connectivity index (χ1n) is 12.7. The molecule has 0 spiro atoms. The van der Waals surface area contributed by atoms with Crippen LogP contribution in [0.5, 0.6) is 5.75 Å². The number of ether oxygens (including phenoxy) is 2. The summed E-state index contributed by atoms with van der Waals surface area (Å²) in [5.74, 6) is -1.72. The smallest absolute Gasteiger partial charge is 0.240 e. The number of imide groups is 1. The molecule has 0 saturated carbocycles. The molecule has 8 nitrogen and oxygen atoms in total. The van der Waals surface area contributed by atoms with Gasteiger partial charge in [-0.1, -0.05) is 31.2 Å². The summed E-state index contributed by atoms with van der Waals surface area (Å²) in [5, 5.41) is 31.0. The van der Waals surface area contributed by atoms with Gasteiger partial charge in [0.05, 0.1) is 59.1 Å². The van der Waals surface area contributed by atoms with Crippen molar-refractivity contribution in [3.05, 3.63) is 71.8 Å². The Hall–Kier alpha value is -4.24. The van der Waals surface area contributed by atoms with Crippen LogP contribution >= 0.6 is 0 Å². The van der Waals surface area contributed by atoms with Crippen LogP contribution in [0.15, 0.2) is 60.7 Å². The molecule has 0 radical (unpaired) electrons. The van der Waals surface area contributed by atoms with E-state index in [1.165, 1.54) is 4.90 Å². The largest absolute Gasteiger partial charge is 0.493 e. The topological polar surface area (TPSA) is 124 Å². The van der Waals surface area contributed by atoms with Gasteiger partial charge in [0.2, 0.25) is 11.8 Å². The molecule has 2 bridgehead atoms. The molecule has 190 valence electrons. The molecule has 3 aromatic carbocycles. The van der Waals surface area contributed by atoms with E-state index in [1.54, 1.807) is 48.5 Å². The van der Waals surface area contributed by atoms with Crippen molar-refractivity contribution < 1.29 is 24.2 Å². The quantitative estimate of drug-likeness (QED) is 0.503. The van der Waals surface area contributed by atoms with Gasteiger partial charge in [0.15, 0.2) is 0 Å². The van der Waals surface area contributed by atoms with Gasteiger partial charge in [-0.15, -0.1) is 0 Å². The average molecular weight is 508 g/mol. The zero-order chi connectivity index (χ0) is 26.7. The Bertz CT molecular complexity index is 1550. The van der Waals surface area contributed by atoms with E-state index < -0.39 is 29.1 Å². The van der Waals surface area contributed by atoms with Gasteiger partial charge in [0, 0.05) is 23.6 Å². The predicted octanol–water partition coefficient (Wildman–Crippen LogP) is 3.84. The molecule has 6 rings (SSSR count). The number of rotatable bonds is 6. The van der Waals surface area contributed by atoms with E-state index in [9.17, 15) is 20.0 Å². The molecule has 3 aliphatic rings. The summed E-state index contributed by atoms with van der Waals surface area (Å²) < 4.78 is 12.4. The fourth-order valence-corrected chi connectivity index (χ4v) is 6.76. The standard InChI is InChI=1S/C30H25N3O5/c1-2-30-24(34)15-29(38-30,13-14-37-20-10-7-18(16-31)8-11-20)25-26(30)28(36)33(27(25)35)23-12-9-19(17-32)21-5-3-4-6-22(21)23/h3-12,24-26,34H,2,13-15H2,1H3. The lowest BCUT2D eigenvalue weighted by molar-refractivity contribution is -0.137. The zero-order valence-electron chi connectivity index (χ0n) is 20.8. The van der Waals surface area contributed by atoms with E-state index in [0.717, 1.165) is 0 Å². The molecule has 38 heavy (non-hydrogen) atoms. The Morgan fingerprint density at radius 2 is 1.71 bits per heavy atom. The third-order valence-electron chi connectivity index (χ3n) is 8.49. The molecule has 0 aliphatic carbocycles. The number of carbonyl (C=O) groups excluding carboxylic acids is 2. The number of aliphatic hydroxyl groups excluding tert-OH is 1. The van der Waals surface area contributed by atoms with Crippen molar-refractivity contribution in [3.63, 3.8) is 0 Å². The summed E-state index contributed by atoms with van der Waals surface area (Å²) >= 11 is 0. The highest BCUT2D eigenvalue weighted by atomic mass is 16.6. The van der Waals surface area contributed by atoms with Crippen LogP contribution in [0.2, 0.25) is 0 Å². The number of amides is 2. The molecular formula is C30H25N3O5. The maximum absolute atomic E-state index is 14.1. The summed E-state index contributed by atoms with van der Waals surface area (Å²) in [6.45, 7) is 2.08. The first-order valence-corrected chi connectivity index (χ1v) is 12.7. The molecule has 0 aromatic heterocycles. The van der Waals surface area contributed by atoms with Crippen molar-refractivity contribution in [2.75, 3.05) is 11.5 Å². The summed E-state index contributed by atoms with van der Waals surface area (Å²) in [6.07, 6.45) is 0.0421. The highest BCUT2D eigenvalue weighted by Gasteiger charge is 2.77. The monoisotopic (exact) mass is 507 g/mol. The minimum Gasteiger partial charge on any atom is -0.493 e. The SMILES string of the molecule is CCC12OC(CCOc3ccc(C#N)cc3)(CC1O)C1C(=O)N(c3ccc(C#N)c4ccccc34)C(=O)C12. The summed E-state index contributed by atoms with van der Waals surface area (Å²) in [6, 6.07) is 21.5. The van der Waals surface area contributed by atoms with Crippen LogP contribution in [-0.2, 0) is 14.3 Å². The maximum Gasteiger partial charge on any atom is 0.240 e. The lowest BCUT2D eigenvalue weighted by Crippen LogP contribution is -2.51. The first kappa shape index (κ1) is 24.1. The van der Waals surface area contributed by atoms with E-state index in [0.29, 0.717) is 46.2 Å². The number of hydrogen-bond acceptors (Lipinski definition) is 7. The van der Waals surface area contributed by atoms with E-state index >= 15 is 0 Å². The number of carbonyl (C=O) groups is 2. The van der Waals surface area contributed by atoms with E-state index in [1.807, 2.05) is 19.1 Å². The van der Waals surface area contributed by atoms with Gasteiger partial charge in [-0.05, 0) is 42.8 Å². The number of anilines is 1. The normalized spacial score (nSPS) is 29.4. The van der Waals surface area contributed by atoms with Gasteiger partial charge in [0.25, 0.3) is 0 Å². The Kier molecular flexibility index (Phi) is 5.50.